The van der Waals surface area contributed by atoms with Gasteiger partial charge in [0.2, 0.25) is 0 Å². The third-order valence-corrected chi connectivity index (χ3v) is 4.48. The van der Waals surface area contributed by atoms with Gasteiger partial charge in [0.25, 0.3) is 0 Å². The quantitative estimate of drug-likeness (QED) is 0.638. The molecule has 3 unspecified atom stereocenters. The van der Waals surface area contributed by atoms with Gasteiger partial charge in [0.1, 0.15) is 11.5 Å². The minimum absolute atomic E-state index is 0.0602. The zero-order chi connectivity index (χ0) is 20.9. The summed E-state index contributed by atoms with van der Waals surface area (Å²) in [6.45, 7) is 4.10. The van der Waals surface area contributed by atoms with Crippen molar-refractivity contribution in [1.82, 2.24) is 0 Å². The maximum absolute atomic E-state index is 14.3. The highest BCUT2D eigenvalue weighted by Gasteiger charge is 2.32. The Morgan fingerprint density at radius 1 is 1.14 bits per heavy atom. The van der Waals surface area contributed by atoms with Crippen molar-refractivity contribution in [1.29, 1.82) is 0 Å². The Bertz CT molecular complexity index is 784. The number of rotatable bonds is 8. The van der Waals surface area contributed by atoms with Gasteiger partial charge >= 0.3 is 5.97 Å². The fraction of sp³-hybridized carbons (Fsp3) is 0.409. The Morgan fingerprint density at radius 3 is 2.36 bits per heavy atom. The number of hydrogen-bond acceptors (Lipinski definition) is 3. The molecule has 0 aliphatic heterocycles. The molecule has 1 N–H and O–H groups in total. The van der Waals surface area contributed by atoms with Gasteiger partial charge in [-0.15, -0.1) is 0 Å². The first-order valence-corrected chi connectivity index (χ1v) is 9.15. The van der Waals surface area contributed by atoms with E-state index in [-0.39, 0.29) is 18.6 Å². The second-order valence-corrected chi connectivity index (χ2v) is 7.23. The van der Waals surface area contributed by atoms with Gasteiger partial charge in [-0.2, -0.15) is 0 Å². The molecule has 0 bridgehead atoms. The highest BCUT2D eigenvalue weighted by molar-refractivity contribution is 5.74. The topological polar surface area (TPSA) is 46.5 Å². The zero-order valence-electron chi connectivity index (χ0n) is 16.2. The van der Waals surface area contributed by atoms with E-state index < -0.39 is 35.6 Å². The summed E-state index contributed by atoms with van der Waals surface area (Å²) in [5.74, 6) is -2.05. The van der Waals surface area contributed by atoms with Crippen molar-refractivity contribution in [3.8, 4) is 0 Å². The lowest BCUT2D eigenvalue weighted by molar-refractivity contribution is -0.152. The second-order valence-electron chi connectivity index (χ2n) is 7.23. The summed E-state index contributed by atoms with van der Waals surface area (Å²) in [6, 6.07) is 11.4. The second kappa shape index (κ2) is 9.24. The van der Waals surface area contributed by atoms with Crippen LogP contribution in [0.25, 0.3) is 0 Å². The monoisotopic (exact) mass is 394 g/mol. The summed E-state index contributed by atoms with van der Waals surface area (Å²) >= 11 is 0. The van der Waals surface area contributed by atoms with E-state index in [1.54, 1.807) is 19.1 Å². The summed E-state index contributed by atoms with van der Waals surface area (Å²) in [5, 5.41) is 10.7. The summed E-state index contributed by atoms with van der Waals surface area (Å²) in [6.07, 6.45) is -3.00. The van der Waals surface area contributed by atoms with Crippen molar-refractivity contribution in [2.45, 2.75) is 45.1 Å². The van der Waals surface area contributed by atoms with E-state index in [1.165, 1.54) is 36.4 Å². The number of carbonyl (C=O) groups excluding carboxylic acids is 1. The van der Waals surface area contributed by atoms with Crippen LogP contribution in [0.15, 0.2) is 48.5 Å². The Hall–Kier alpha value is -2.34. The molecule has 2 aromatic carbocycles. The van der Waals surface area contributed by atoms with E-state index in [2.05, 4.69) is 0 Å². The molecule has 0 saturated heterocycles. The first-order chi connectivity index (χ1) is 13.1. The van der Waals surface area contributed by atoms with Crippen molar-refractivity contribution in [2.24, 2.45) is 5.92 Å². The van der Waals surface area contributed by atoms with E-state index >= 15 is 0 Å². The molecule has 152 valence electrons. The lowest BCUT2D eigenvalue weighted by Gasteiger charge is -2.23. The molecule has 3 nitrogen and oxygen atoms in total. The Labute approximate surface area is 163 Å². The number of aliphatic hydroxyl groups is 1. The Kier molecular flexibility index (Phi) is 7.24. The molecular weight excluding hydrogens is 369 g/mol. The van der Waals surface area contributed by atoms with Gasteiger partial charge in [-0.25, -0.2) is 13.2 Å². The number of benzene rings is 2. The molecule has 0 spiro atoms. The van der Waals surface area contributed by atoms with E-state index in [0.717, 1.165) is 13.8 Å². The van der Waals surface area contributed by atoms with Crippen LogP contribution in [-0.4, -0.2) is 23.4 Å². The van der Waals surface area contributed by atoms with Crippen LogP contribution in [0, 0.1) is 11.7 Å². The van der Waals surface area contributed by atoms with Crippen LogP contribution in [0.4, 0.5) is 13.2 Å². The van der Waals surface area contributed by atoms with Crippen molar-refractivity contribution in [3.05, 3.63) is 71.0 Å². The highest BCUT2D eigenvalue weighted by atomic mass is 19.2. The molecule has 0 aliphatic rings. The maximum Gasteiger partial charge on any atom is 0.312 e. The SMILES string of the molecule is CCOC(=O)C(Cc1cccc(C(F)C(C)(C)F)c1)C(O)c1ccc(F)cc1. The molecule has 0 aromatic heterocycles. The van der Waals surface area contributed by atoms with Crippen LogP contribution >= 0.6 is 0 Å². The molecule has 6 heteroatoms. The fourth-order valence-corrected chi connectivity index (χ4v) is 2.99. The third-order valence-electron chi connectivity index (χ3n) is 4.48. The van der Waals surface area contributed by atoms with E-state index in [4.69, 9.17) is 4.74 Å². The van der Waals surface area contributed by atoms with Crippen LogP contribution in [0.1, 0.15) is 49.7 Å². The predicted octanol–water partition coefficient (Wildman–Crippen LogP) is 5.04. The molecule has 28 heavy (non-hydrogen) atoms. The molecule has 0 saturated carbocycles. The first-order valence-electron chi connectivity index (χ1n) is 9.15. The van der Waals surface area contributed by atoms with Gasteiger partial charge in [-0.3, -0.25) is 4.79 Å². The van der Waals surface area contributed by atoms with Gasteiger partial charge < -0.3 is 9.84 Å². The first kappa shape index (κ1) is 22.0. The molecule has 0 amide bonds. The number of aliphatic hydroxyl groups excluding tert-OH is 1. The predicted molar refractivity (Wildman–Crippen MR) is 101 cm³/mol. The van der Waals surface area contributed by atoms with Crippen molar-refractivity contribution in [2.75, 3.05) is 6.61 Å². The molecule has 0 aliphatic carbocycles. The molecule has 2 rings (SSSR count). The van der Waals surface area contributed by atoms with Crippen LogP contribution in [-0.2, 0) is 16.0 Å². The van der Waals surface area contributed by atoms with E-state index in [0.29, 0.717) is 11.1 Å². The Morgan fingerprint density at radius 2 is 1.79 bits per heavy atom. The summed E-state index contributed by atoms with van der Waals surface area (Å²) in [7, 11) is 0. The fourth-order valence-electron chi connectivity index (χ4n) is 2.99. The number of esters is 1. The van der Waals surface area contributed by atoms with Gasteiger partial charge in [-0.05, 0) is 56.0 Å². The van der Waals surface area contributed by atoms with Crippen molar-refractivity contribution in [3.63, 3.8) is 0 Å². The lowest BCUT2D eigenvalue weighted by Crippen LogP contribution is -2.27. The highest BCUT2D eigenvalue weighted by Crippen LogP contribution is 2.34. The van der Waals surface area contributed by atoms with Crippen molar-refractivity contribution < 1.29 is 27.8 Å². The number of halogens is 3. The van der Waals surface area contributed by atoms with E-state index in [1.807, 2.05) is 0 Å². The summed E-state index contributed by atoms with van der Waals surface area (Å²) < 4.78 is 46.5. The van der Waals surface area contributed by atoms with Crippen LogP contribution in [0.2, 0.25) is 0 Å². The van der Waals surface area contributed by atoms with Gasteiger partial charge in [0, 0.05) is 0 Å². The van der Waals surface area contributed by atoms with E-state index in [9.17, 15) is 23.1 Å². The molecule has 0 heterocycles. The molecule has 0 radical (unpaired) electrons. The smallest absolute Gasteiger partial charge is 0.312 e. The van der Waals surface area contributed by atoms with Gasteiger partial charge in [0.15, 0.2) is 6.17 Å². The largest absolute Gasteiger partial charge is 0.466 e. The molecule has 2 aromatic rings. The van der Waals surface area contributed by atoms with Gasteiger partial charge in [0.05, 0.1) is 18.6 Å². The minimum Gasteiger partial charge on any atom is -0.466 e. The minimum atomic E-state index is -2.05. The standard InChI is InChI=1S/C22H25F3O3/c1-4-28-21(27)18(19(26)15-8-10-17(23)11-9-15)13-14-6-5-7-16(12-14)20(24)22(2,3)25/h5-12,18-20,26H,4,13H2,1-3H3. The molecular formula is C22H25F3O3. The maximum atomic E-state index is 14.3. The third kappa shape index (κ3) is 5.58. The number of alkyl halides is 2. The average Bonchev–Trinajstić information content (AvgIpc) is 2.65. The number of hydrogen-bond donors (Lipinski definition) is 1. The van der Waals surface area contributed by atoms with Crippen LogP contribution in [0.3, 0.4) is 0 Å². The lowest BCUT2D eigenvalue weighted by atomic mass is 9.88. The van der Waals surface area contributed by atoms with Gasteiger partial charge in [-0.1, -0.05) is 36.4 Å². The zero-order valence-corrected chi connectivity index (χ0v) is 16.2. The Balaban J connectivity index is 2.30. The van der Waals surface area contributed by atoms with Crippen molar-refractivity contribution >= 4 is 5.97 Å². The molecule has 3 atom stereocenters. The average molecular weight is 394 g/mol. The summed E-state index contributed by atoms with van der Waals surface area (Å²) in [5.41, 5.74) is -0.969. The van der Waals surface area contributed by atoms with Crippen LogP contribution in [0.5, 0.6) is 0 Å². The number of carbonyl (C=O) groups is 1. The number of ether oxygens (including phenoxy) is 1. The van der Waals surface area contributed by atoms with Crippen LogP contribution < -0.4 is 0 Å². The summed E-state index contributed by atoms with van der Waals surface area (Å²) in [4.78, 5) is 12.4. The normalized spacial score (nSPS) is 15.0. The molecule has 0 fully saturated rings.